The zero-order chi connectivity index (χ0) is 14.3. The maximum atomic E-state index is 11.4. The molecule has 0 aliphatic carbocycles. The van der Waals surface area contributed by atoms with Crippen molar-refractivity contribution in [2.24, 2.45) is 5.16 Å². The van der Waals surface area contributed by atoms with Crippen LogP contribution in [0.2, 0.25) is 10.0 Å². The summed E-state index contributed by atoms with van der Waals surface area (Å²) in [6.07, 6.45) is 0. The maximum Gasteiger partial charge on any atom is 0.313 e. The number of amides is 1. The van der Waals surface area contributed by atoms with Gasteiger partial charge in [0.2, 0.25) is 0 Å². The van der Waals surface area contributed by atoms with Crippen LogP contribution in [0, 0.1) is 10.1 Å². The van der Waals surface area contributed by atoms with Crippen molar-refractivity contribution >= 4 is 52.0 Å². The van der Waals surface area contributed by atoms with Gasteiger partial charge in [0.1, 0.15) is 10.7 Å². The summed E-state index contributed by atoms with van der Waals surface area (Å²) in [5.41, 5.74) is -1.82. The first kappa shape index (κ1) is 13.2. The second-order valence-electron chi connectivity index (χ2n) is 3.43. The molecule has 0 unspecified atom stereocenters. The van der Waals surface area contributed by atoms with Gasteiger partial charge in [-0.3, -0.25) is 19.7 Å². The molecule has 0 aromatic heterocycles. The number of ketones is 1. The molecule has 1 amide bonds. The number of benzene rings is 1. The lowest BCUT2D eigenvalue weighted by Gasteiger charge is -2.17. The molecule has 0 saturated carbocycles. The number of oxime groups is 1. The van der Waals surface area contributed by atoms with Crippen molar-refractivity contribution in [3.63, 3.8) is 0 Å². The van der Waals surface area contributed by atoms with E-state index < -0.39 is 33.0 Å². The monoisotopic (exact) mass is 303 g/mol. The predicted molar refractivity (Wildman–Crippen MR) is 65.1 cm³/mol. The van der Waals surface area contributed by atoms with E-state index in [-0.39, 0.29) is 16.3 Å². The van der Waals surface area contributed by atoms with Crippen LogP contribution in [-0.2, 0) is 9.59 Å². The zero-order valence-electron chi connectivity index (χ0n) is 8.81. The number of nitro benzene ring substituents is 1. The number of nitrogens with zero attached hydrogens (tertiary/aromatic N) is 2. The lowest BCUT2D eigenvalue weighted by Crippen LogP contribution is -2.36. The second kappa shape index (κ2) is 4.48. The number of hydrogen-bond acceptors (Lipinski definition) is 6. The Morgan fingerprint density at radius 3 is 2.53 bits per heavy atom. The molecule has 98 valence electrons. The normalized spacial score (nSPS) is 16.2. The first-order valence-corrected chi connectivity index (χ1v) is 5.38. The number of fused-ring (bicyclic) bond motifs is 1. The molecule has 0 atom stereocenters. The van der Waals surface area contributed by atoms with E-state index in [2.05, 4.69) is 5.16 Å². The van der Waals surface area contributed by atoms with Gasteiger partial charge in [-0.15, -0.1) is 0 Å². The van der Waals surface area contributed by atoms with Gasteiger partial charge in [0.15, 0.2) is 5.71 Å². The highest BCUT2D eigenvalue weighted by atomic mass is 35.5. The van der Waals surface area contributed by atoms with Crippen LogP contribution in [0.25, 0.3) is 0 Å². The summed E-state index contributed by atoms with van der Waals surface area (Å²) in [6, 6.07) is 1.10. The first-order valence-electron chi connectivity index (χ1n) is 4.63. The topological polar surface area (TPSA) is 122 Å². The predicted octanol–water partition coefficient (Wildman–Crippen LogP) is 1.60. The summed E-state index contributed by atoms with van der Waals surface area (Å²) in [5, 5.41) is 23.8. The number of hydrogen-bond donors (Lipinski definition) is 2. The summed E-state index contributed by atoms with van der Waals surface area (Å²) in [6.45, 7) is 0. The molecule has 1 heterocycles. The minimum absolute atomic E-state index is 0.173. The zero-order valence-corrected chi connectivity index (χ0v) is 10.3. The van der Waals surface area contributed by atoms with E-state index in [4.69, 9.17) is 28.4 Å². The van der Waals surface area contributed by atoms with Crippen molar-refractivity contribution in [1.29, 1.82) is 0 Å². The van der Waals surface area contributed by atoms with Crippen molar-refractivity contribution in [3.8, 4) is 0 Å². The molecule has 1 aromatic rings. The number of Topliss-reactive ketones (excluding diaryl/α,β-unsaturated/α-hetero) is 1. The molecule has 19 heavy (non-hydrogen) atoms. The van der Waals surface area contributed by atoms with Crippen LogP contribution in [0.1, 0.15) is 5.56 Å². The van der Waals surface area contributed by atoms with Crippen molar-refractivity contribution in [2.45, 2.75) is 0 Å². The van der Waals surface area contributed by atoms with Crippen LogP contribution in [0.5, 0.6) is 0 Å². The molecule has 1 aliphatic heterocycles. The van der Waals surface area contributed by atoms with Gasteiger partial charge >= 0.3 is 5.69 Å². The van der Waals surface area contributed by atoms with Crippen molar-refractivity contribution in [2.75, 3.05) is 5.32 Å². The van der Waals surface area contributed by atoms with Crippen molar-refractivity contribution in [1.82, 2.24) is 0 Å². The summed E-state index contributed by atoms with van der Waals surface area (Å²) >= 11 is 11.4. The van der Waals surface area contributed by atoms with E-state index in [0.29, 0.717) is 0 Å². The molecule has 0 spiro atoms. The summed E-state index contributed by atoms with van der Waals surface area (Å²) in [5.74, 6) is -2.30. The van der Waals surface area contributed by atoms with Gasteiger partial charge in [0.05, 0.1) is 9.95 Å². The number of carbonyl (C=O) groups excluding carboxylic acids is 2. The summed E-state index contributed by atoms with van der Waals surface area (Å²) in [4.78, 5) is 32.9. The van der Waals surface area contributed by atoms with E-state index in [1.54, 1.807) is 0 Å². The SMILES string of the molecule is O=C1Nc2c(cc(Cl)c(Cl)c2[N+](=O)[O-])/C(=N/O)C1=O. The van der Waals surface area contributed by atoms with Crippen LogP contribution >= 0.6 is 23.2 Å². The fraction of sp³-hybridized carbons (Fsp3) is 0. The number of nitro groups is 1. The average molecular weight is 304 g/mol. The Hall–Kier alpha value is -2.19. The van der Waals surface area contributed by atoms with E-state index in [0.717, 1.165) is 6.07 Å². The van der Waals surface area contributed by atoms with Crippen molar-refractivity contribution in [3.05, 3.63) is 31.8 Å². The number of halogens is 2. The molecule has 1 aliphatic rings. The third-order valence-corrected chi connectivity index (χ3v) is 3.17. The van der Waals surface area contributed by atoms with Gasteiger partial charge < -0.3 is 10.5 Å². The summed E-state index contributed by atoms with van der Waals surface area (Å²) in [7, 11) is 0. The Labute approximate surface area is 114 Å². The average Bonchev–Trinajstić information content (AvgIpc) is 2.33. The molecule has 0 fully saturated rings. The molecule has 1 aromatic carbocycles. The molecule has 2 rings (SSSR count). The molecule has 10 heteroatoms. The number of anilines is 1. The standard InChI is InChI=1S/C9H3Cl2N3O5/c10-3-1-2-5(7(4(3)11)14(18)19)12-9(16)8(15)6(2)13-17/h1,17H,(H,12,16)/b13-6-. The second-order valence-corrected chi connectivity index (χ2v) is 4.22. The lowest BCUT2D eigenvalue weighted by atomic mass is 9.98. The van der Waals surface area contributed by atoms with Crippen LogP contribution in [0.15, 0.2) is 11.2 Å². The summed E-state index contributed by atoms with van der Waals surface area (Å²) < 4.78 is 0. The Balaban J connectivity index is 2.87. The number of rotatable bonds is 1. The number of nitrogens with one attached hydrogen (secondary N) is 1. The third-order valence-electron chi connectivity index (χ3n) is 2.39. The molecular formula is C9H3Cl2N3O5. The quantitative estimate of drug-likeness (QED) is 0.353. The number of carbonyl (C=O) groups is 2. The molecule has 2 N–H and O–H groups in total. The van der Waals surface area contributed by atoms with Crippen LogP contribution in [0.4, 0.5) is 11.4 Å². The van der Waals surface area contributed by atoms with Crippen LogP contribution in [0.3, 0.4) is 0 Å². The molecule has 0 radical (unpaired) electrons. The van der Waals surface area contributed by atoms with E-state index in [9.17, 15) is 19.7 Å². The van der Waals surface area contributed by atoms with Gasteiger partial charge in [-0.1, -0.05) is 28.4 Å². The molecule has 0 bridgehead atoms. The van der Waals surface area contributed by atoms with Gasteiger partial charge in [-0.25, -0.2) is 0 Å². The Kier molecular flexibility index (Phi) is 3.13. The fourth-order valence-corrected chi connectivity index (χ4v) is 2.01. The van der Waals surface area contributed by atoms with E-state index >= 15 is 0 Å². The van der Waals surface area contributed by atoms with Gasteiger partial charge in [-0.2, -0.15) is 0 Å². The highest BCUT2D eigenvalue weighted by molar-refractivity contribution is 6.72. The van der Waals surface area contributed by atoms with Gasteiger partial charge in [0, 0.05) is 5.56 Å². The first-order chi connectivity index (χ1) is 8.88. The largest absolute Gasteiger partial charge is 0.410 e. The minimum atomic E-state index is -1.17. The smallest absolute Gasteiger partial charge is 0.313 e. The molecular weight excluding hydrogens is 301 g/mol. The third kappa shape index (κ3) is 1.90. The Morgan fingerprint density at radius 2 is 2.00 bits per heavy atom. The van der Waals surface area contributed by atoms with Gasteiger partial charge in [-0.05, 0) is 6.07 Å². The van der Waals surface area contributed by atoms with Crippen LogP contribution < -0.4 is 5.32 Å². The lowest BCUT2D eigenvalue weighted by molar-refractivity contribution is -0.383. The van der Waals surface area contributed by atoms with E-state index in [1.165, 1.54) is 0 Å². The molecule has 8 nitrogen and oxygen atoms in total. The highest BCUT2D eigenvalue weighted by Crippen LogP contribution is 2.42. The minimum Gasteiger partial charge on any atom is -0.410 e. The highest BCUT2D eigenvalue weighted by Gasteiger charge is 2.37. The maximum absolute atomic E-state index is 11.4. The Morgan fingerprint density at radius 1 is 1.37 bits per heavy atom. The van der Waals surface area contributed by atoms with Gasteiger partial charge in [0.25, 0.3) is 11.7 Å². The Bertz CT molecular complexity index is 670. The van der Waals surface area contributed by atoms with Crippen molar-refractivity contribution < 1.29 is 19.7 Å². The van der Waals surface area contributed by atoms with E-state index in [1.807, 2.05) is 5.32 Å². The molecule has 0 saturated heterocycles. The van der Waals surface area contributed by atoms with Crippen LogP contribution in [-0.4, -0.2) is 27.5 Å². The fourth-order valence-electron chi connectivity index (χ4n) is 1.60.